The molecule has 5 rings (SSSR count). The molecule has 0 spiro atoms. The number of fused-ring (bicyclic) bond motifs is 2. The summed E-state index contributed by atoms with van der Waals surface area (Å²) in [6.07, 6.45) is 1.75. The summed E-state index contributed by atoms with van der Waals surface area (Å²) < 4.78 is 11.8. The molecule has 7 nitrogen and oxygen atoms in total. The fourth-order valence-corrected chi connectivity index (χ4v) is 4.80. The first kappa shape index (κ1) is 21.8. The summed E-state index contributed by atoms with van der Waals surface area (Å²) in [5.74, 6) is 1.21. The van der Waals surface area contributed by atoms with Crippen LogP contribution in [-0.2, 0) is 6.54 Å². The van der Waals surface area contributed by atoms with E-state index in [-0.39, 0.29) is 5.91 Å². The molecule has 0 atom stereocenters. The van der Waals surface area contributed by atoms with Crippen LogP contribution in [0, 0.1) is 0 Å². The van der Waals surface area contributed by atoms with Gasteiger partial charge in [-0.1, -0.05) is 23.5 Å². The number of aromatic amines is 1. The molecule has 2 aromatic heterocycles. The second kappa shape index (κ2) is 9.07. The number of carbonyl (C=O) groups is 1. The molecule has 3 N–H and O–H groups in total. The molecule has 0 saturated carbocycles. The fraction of sp³-hybridized carbons (Fsp3) is 0.154. The number of amides is 1. The topological polar surface area (TPSA) is 88.3 Å². The Hall–Kier alpha value is -4.04. The third-order valence-corrected chi connectivity index (χ3v) is 6.76. The van der Waals surface area contributed by atoms with Crippen LogP contribution in [0.2, 0.25) is 0 Å². The molecule has 2 heterocycles. The van der Waals surface area contributed by atoms with Crippen molar-refractivity contribution >= 4 is 43.5 Å². The molecule has 3 aromatic carbocycles. The number of anilines is 1. The van der Waals surface area contributed by atoms with Crippen molar-refractivity contribution in [3.63, 3.8) is 0 Å². The molecule has 0 aliphatic rings. The van der Waals surface area contributed by atoms with Crippen LogP contribution in [0.3, 0.4) is 0 Å². The van der Waals surface area contributed by atoms with Gasteiger partial charge in [-0.2, -0.15) is 0 Å². The van der Waals surface area contributed by atoms with E-state index in [0.717, 1.165) is 42.9 Å². The minimum atomic E-state index is -0.151. The number of benzene rings is 3. The van der Waals surface area contributed by atoms with Crippen molar-refractivity contribution in [1.82, 2.24) is 15.3 Å². The molecule has 5 aromatic rings. The number of hydrogen-bond acceptors (Lipinski definition) is 6. The maximum absolute atomic E-state index is 13.1. The number of nitrogens with zero attached hydrogens (tertiary/aromatic N) is 1. The Labute approximate surface area is 200 Å². The van der Waals surface area contributed by atoms with Gasteiger partial charge in [-0.05, 0) is 53.1 Å². The summed E-state index contributed by atoms with van der Waals surface area (Å²) >= 11 is 1.62. The summed E-state index contributed by atoms with van der Waals surface area (Å²) in [7, 11) is 5.08. The maximum Gasteiger partial charge on any atom is 0.253 e. The first-order valence-corrected chi connectivity index (χ1v) is 11.6. The van der Waals surface area contributed by atoms with Crippen molar-refractivity contribution < 1.29 is 14.3 Å². The van der Waals surface area contributed by atoms with E-state index in [1.807, 2.05) is 31.3 Å². The van der Waals surface area contributed by atoms with E-state index in [2.05, 4.69) is 44.9 Å². The second-order valence-corrected chi connectivity index (χ2v) is 8.85. The largest absolute Gasteiger partial charge is 0.497 e. The zero-order chi connectivity index (χ0) is 23.7. The summed E-state index contributed by atoms with van der Waals surface area (Å²) in [4.78, 5) is 20.8. The van der Waals surface area contributed by atoms with E-state index in [4.69, 9.17) is 9.47 Å². The molecule has 8 heteroatoms. The smallest absolute Gasteiger partial charge is 0.253 e. The predicted molar refractivity (Wildman–Crippen MR) is 137 cm³/mol. The Morgan fingerprint density at radius 1 is 1.00 bits per heavy atom. The van der Waals surface area contributed by atoms with Crippen LogP contribution in [0.15, 0.2) is 60.8 Å². The van der Waals surface area contributed by atoms with E-state index in [0.29, 0.717) is 23.6 Å². The molecule has 0 radical (unpaired) electrons. The first-order chi connectivity index (χ1) is 16.6. The SMILES string of the molecule is CNc1nc2ccc(-c3ccc4[nH]cc(C(=O)NCc5cc(OC)cc(OC)c5)c4c3)cc2s1. The van der Waals surface area contributed by atoms with E-state index in [1.54, 1.807) is 37.8 Å². The van der Waals surface area contributed by atoms with Gasteiger partial charge >= 0.3 is 0 Å². The van der Waals surface area contributed by atoms with Gasteiger partial charge in [0.05, 0.1) is 30.0 Å². The summed E-state index contributed by atoms with van der Waals surface area (Å²) in [5.41, 5.74) is 5.49. The molecule has 0 bridgehead atoms. The lowest BCUT2D eigenvalue weighted by Gasteiger charge is -2.10. The van der Waals surface area contributed by atoms with Crippen LogP contribution in [0.4, 0.5) is 5.13 Å². The minimum Gasteiger partial charge on any atom is -0.497 e. The summed E-state index contributed by atoms with van der Waals surface area (Å²) in [5, 5.41) is 7.87. The van der Waals surface area contributed by atoms with Gasteiger partial charge in [0.1, 0.15) is 11.5 Å². The van der Waals surface area contributed by atoms with Crippen molar-refractivity contribution in [2.75, 3.05) is 26.6 Å². The highest BCUT2D eigenvalue weighted by Gasteiger charge is 2.14. The zero-order valence-corrected chi connectivity index (χ0v) is 19.9. The van der Waals surface area contributed by atoms with E-state index < -0.39 is 0 Å². The molecule has 0 saturated heterocycles. The number of hydrogen-bond donors (Lipinski definition) is 3. The number of H-pyrrole nitrogens is 1. The number of aromatic nitrogens is 2. The molecule has 0 unspecified atom stereocenters. The van der Waals surface area contributed by atoms with Gasteiger partial charge in [0.15, 0.2) is 5.13 Å². The number of carbonyl (C=O) groups excluding carboxylic acids is 1. The minimum absolute atomic E-state index is 0.151. The first-order valence-electron chi connectivity index (χ1n) is 10.8. The summed E-state index contributed by atoms with van der Waals surface area (Å²) in [6, 6.07) is 17.9. The van der Waals surface area contributed by atoms with E-state index >= 15 is 0 Å². The Bertz CT molecular complexity index is 1480. The van der Waals surface area contributed by atoms with E-state index in [1.165, 1.54) is 0 Å². The zero-order valence-electron chi connectivity index (χ0n) is 19.1. The van der Waals surface area contributed by atoms with Crippen LogP contribution in [0.1, 0.15) is 15.9 Å². The Kier molecular flexibility index (Phi) is 5.81. The molecular formula is C26H24N4O3S. The lowest BCUT2D eigenvalue weighted by molar-refractivity contribution is 0.0952. The van der Waals surface area contributed by atoms with Gasteiger partial charge in [-0.15, -0.1) is 0 Å². The highest BCUT2D eigenvalue weighted by atomic mass is 32.1. The third-order valence-electron chi connectivity index (χ3n) is 5.73. The standard InChI is InChI=1S/C26H24N4O3S/c1-27-26-30-23-7-5-17(11-24(23)34-26)16-4-6-22-20(10-16)21(14-28-22)25(31)29-13-15-8-18(32-2)12-19(9-15)33-3/h4-12,14,28H,13H2,1-3H3,(H,27,30)(H,29,31). The number of nitrogens with one attached hydrogen (secondary N) is 3. The molecule has 0 aliphatic heterocycles. The molecule has 0 fully saturated rings. The van der Waals surface area contributed by atoms with Crippen LogP contribution >= 0.6 is 11.3 Å². The van der Waals surface area contributed by atoms with Gasteiger partial charge in [0, 0.05) is 36.8 Å². The van der Waals surface area contributed by atoms with Gasteiger partial charge in [-0.25, -0.2) is 4.98 Å². The van der Waals surface area contributed by atoms with Crippen molar-refractivity contribution in [3.05, 3.63) is 71.9 Å². The molecular weight excluding hydrogens is 448 g/mol. The van der Waals surface area contributed by atoms with Crippen LogP contribution in [-0.4, -0.2) is 37.1 Å². The van der Waals surface area contributed by atoms with Crippen molar-refractivity contribution in [1.29, 1.82) is 0 Å². The predicted octanol–water partition coefficient (Wildman–Crippen LogP) is 5.43. The van der Waals surface area contributed by atoms with Gasteiger partial charge in [0.2, 0.25) is 0 Å². The molecule has 0 aliphatic carbocycles. The highest BCUT2D eigenvalue weighted by Crippen LogP contribution is 2.32. The van der Waals surface area contributed by atoms with Crippen LogP contribution in [0.25, 0.3) is 32.2 Å². The normalized spacial score (nSPS) is 11.0. The monoisotopic (exact) mass is 472 g/mol. The Balaban J connectivity index is 1.41. The van der Waals surface area contributed by atoms with Gasteiger partial charge < -0.3 is 25.1 Å². The highest BCUT2D eigenvalue weighted by molar-refractivity contribution is 7.22. The maximum atomic E-state index is 13.1. The van der Waals surface area contributed by atoms with Gasteiger partial charge in [0.25, 0.3) is 5.91 Å². The van der Waals surface area contributed by atoms with Crippen molar-refractivity contribution in [2.24, 2.45) is 0 Å². The quantitative estimate of drug-likeness (QED) is 0.294. The van der Waals surface area contributed by atoms with Gasteiger partial charge in [-0.3, -0.25) is 4.79 Å². The summed E-state index contributed by atoms with van der Waals surface area (Å²) in [6.45, 7) is 0.356. The number of rotatable bonds is 7. The van der Waals surface area contributed by atoms with Crippen molar-refractivity contribution in [2.45, 2.75) is 6.54 Å². The average molecular weight is 473 g/mol. The molecule has 172 valence electrons. The molecule has 1 amide bonds. The van der Waals surface area contributed by atoms with Crippen LogP contribution in [0.5, 0.6) is 11.5 Å². The fourth-order valence-electron chi connectivity index (χ4n) is 3.95. The third kappa shape index (κ3) is 4.15. The van der Waals surface area contributed by atoms with Crippen molar-refractivity contribution in [3.8, 4) is 22.6 Å². The number of methoxy groups -OCH3 is 2. The Morgan fingerprint density at radius 2 is 1.74 bits per heavy atom. The number of ether oxygens (including phenoxy) is 2. The second-order valence-electron chi connectivity index (χ2n) is 7.82. The lowest BCUT2D eigenvalue weighted by Crippen LogP contribution is -2.22. The lowest BCUT2D eigenvalue weighted by atomic mass is 10.0. The van der Waals surface area contributed by atoms with Crippen LogP contribution < -0.4 is 20.1 Å². The Morgan fingerprint density at radius 3 is 2.47 bits per heavy atom. The van der Waals surface area contributed by atoms with E-state index in [9.17, 15) is 4.79 Å². The average Bonchev–Trinajstić information content (AvgIpc) is 3.50. The number of thiazole rings is 1. The molecule has 34 heavy (non-hydrogen) atoms.